The minimum absolute atomic E-state index is 0.0305. The van der Waals surface area contributed by atoms with Crippen LogP contribution in [0.3, 0.4) is 0 Å². The molecule has 1 aliphatic rings. The number of hydrogen-bond acceptors (Lipinski definition) is 2. The van der Waals surface area contributed by atoms with E-state index in [9.17, 15) is 18.0 Å². The molecule has 0 aromatic carbocycles. The standard InChI is InChI=1S/C9H9F3N2O2/c10-9(11,12)7-3-6(5-1-2-5)14(13-7)4-8(15)16/h3,5H,1-2,4H2,(H,15,16). The fourth-order valence-electron chi connectivity index (χ4n) is 1.53. The zero-order chi connectivity index (χ0) is 11.9. The van der Waals surface area contributed by atoms with Crippen molar-refractivity contribution in [2.24, 2.45) is 0 Å². The topological polar surface area (TPSA) is 55.1 Å². The Bertz CT molecular complexity index is 421. The van der Waals surface area contributed by atoms with Crippen LogP contribution in [-0.4, -0.2) is 20.9 Å². The van der Waals surface area contributed by atoms with Gasteiger partial charge in [-0.25, -0.2) is 0 Å². The smallest absolute Gasteiger partial charge is 0.435 e. The Kier molecular flexibility index (Phi) is 2.40. The Labute approximate surface area is 88.7 Å². The third kappa shape index (κ3) is 2.17. The van der Waals surface area contributed by atoms with Gasteiger partial charge in [-0.05, 0) is 18.9 Å². The highest BCUT2D eigenvalue weighted by molar-refractivity contribution is 5.66. The van der Waals surface area contributed by atoms with Crippen molar-refractivity contribution in [2.75, 3.05) is 0 Å². The third-order valence-electron chi connectivity index (χ3n) is 2.38. The van der Waals surface area contributed by atoms with E-state index in [0.29, 0.717) is 5.69 Å². The van der Waals surface area contributed by atoms with Gasteiger partial charge in [0, 0.05) is 11.6 Å². The Balaban J connectivity index is 2.34. The number of carbonyl (C=O) groups is 1. The molecular weight excluding hydrogens is 225 g/mol. The first kappa shape index (κ1) is 11.0. The molecule has 0 saturated heterocycles. The van der Waals surface area contributed by atoms with Gasteiger partial charge in [-0.2, -0.15) is 18.3 Å². The fraction of sp³-hybridized carbons (Fsp3) is 0.556. The molecule has 1 saturated carbocycles. The van der Waals surface area contributed by atoms with Gasteiger partial charge in [0.15, 0.2) is 5.69 Å². The lowest BCUT2D eigenvalue weighted by Gasteiger charge is -2.02. The van der Waals surface area contributed by atoms with Gasteiger partial charge < -0.3 is 5.11 Å². The number of hydrogen-bond donors (Lipinski definition) is 1. The first-order chi connectivity index (χ1) is 7.38. The molecule has 4 nitrogen and oxygen atoms in total. The fourth-order valence-corrected chi connectivity index (χ4v) is 1.53. The predicted octanol–water partition coefficient (Wildman–Crippen LogP) is 1.86. The summed E-state index contributed by atoms with van der Waals surface area (Å²) < 4.78 is 38.1. The van der Waals surface area contributed by atoms with Gasteiger partial charge in [-0.15, -0.1) is 0 Å². The van der Waals surface area contributed by atoms with Crippen LogP contribution in [0.1, 0.15) is 30.1 Å². The molecule has 7 heteroatoms. The third-order valence-corrected chi connectivity index (χ3v) is 2.38. The van der Waals surface area contributed by atoms with Crippen LogP contribution in [0, 0.1) is 0 Å². The second-order valence-electron chi connectivity index (χ2n) is 3.78. The van der Waals surface area contributed by atoms with E-state index in [2.05, 4.69) is 5.10 Å². The largest absolute Gasteiger partial charge is 0.480 e. The maximum absolute atomic E-state index is 12.4. The van der Waals surface area contributed by atoms with Gasteiger partial charge in [-0.1, -0.05) is 0 Å². The molecule has 88 valence electrons. The number of halogens is 3. The van der Waals surface area contributed by atoms with Crippen LogP contribution >= 0.6 is 0 Å². The number of nitrogens with zero attached hydrogens (tertiary/aromatic N) is 2. The molecule has 0 amide bonds. The van der Waals surface area contributed by atoms with Crippen molar-refractivity contribution >= 4 is 5.97 Å². The summed E-state index contributed by atoms with van der Waals surface area (Å²) in [4.78, 5) is 10.5. The molecule has 1 aromatic rings. The summed E-state index contributed by atoms with van der Waals surface area (Å²) >= 11 is 0. The summed E-state index contributed by atoms with van der Waals surface area (Å²) in [5, 5.41) is 11.9. The SMILES string of the molecule is O=C(O)Cn1nc(C(F)(F)F)cc1C1CC1. The maximum atomic E-state index is 12.4. The van der Waals surface area contributed by atoms with Crippen molar-refractivity contribution in [3.63, 3.8) is 0 Å². The molecular formula is C9H9F3N2O2. The maximum Gasteiger partial charge on any atom is 0.435 e. The molecule has 0 unspecified atom stereocenters. The summed E-state index contributed by atoms with van der Waals surface area (Å²) in [6.07, 6.45) is -2.93. The van der Waals surface area contributed by atoms with Crippen molar-refractivity contribution < 1.29 is 23.1 Å². The molecule has 0 aliphatic heterocycles. The van der Waals surface area contributed by atoms with Crippen LogP contribution in [0.2, 0.25) is 0 Å². The Morgan fingerprint density at radius 1 is 1.56 bits per heavy atom. The molecule has 16 heavy (non-hydrogen) atoms. The second kappa shape index (κ2) is 3.50. The van der Waals surface area contributed by atoms with E-state index in [4.69, 9.17) is 5.11 Å². The molecule has 1 aromatic heterocycles. The van der Waals surface area contributed by atoms with E-state index < -0.39 is 24.4 Å². The van der Waals surface area contributed by atoms with E-state index in [1.807, 2.05) is 0 Å². The highest BCUT2D eigenvalue weighted by Crippen LogP contribution is 2.42. The summed E-state index contributed by atoms with van der Waals surface area (Å²) in [7, 11) is 0. The zero-order valence-corrected chi connectivity index (χ0v) is 8.16. The van der Waals surface area contributed by atoms with Crippen LogP contribution in [0.15, 0.2) is 6.07 Å². The van der Waals surface area contributed by atoms with Crippen LogP contribution in [0.5, 0.6) is 0 Å². The number of alkyl halides is 3. The quantitative estimate of drug-likeness (QED) is 0.868. The van der Waals surface area contributed by atoms with E-state index in [-0.39, 0.29) is 5.92 Å². The lowest BCUT2D eigenvalue weighted by atomic mass is 10.2. The van der Waals surface area contributed by atoms with Crippen molar-refractivity contribution in [2.45, 2.75) is 31.5 Å². The van der Waals surface area contributed by atoms with Crippen molar-refractivity contribution in [3.05, 3.63) is 17.5 Å². The number of carboxylic acids is 1. The van der Waals surface area contributed by atoms with Gasteiger partial charge in [0.25, 0.3) is 0 Å². The number of carboxylic acid groups (broad SMARTS) is 1. The van der Waals surface area contributed by atoms with Gasteiger partial charge in [0.05, 0.1) is 0 Å². The van der Waals surface area contributed by atoms with Gasteiger partial charge in [-0.3, -0.25) is 9.48 Å². The van der Waals surface area contributed by atoms with Gasteiger partial charge in [0.2, 0.25) is 0 Å². The summed E-state index contributed by atoms with van der Waals surface area (Å²) in [6, 6.07) is 0.945. The van der Waals surface area contributed by atoms with E-state index in [0.717, 1.165) is 23.6 Å². The molecule has 2 rings (SSSR count). The molecule has 0 bridgehead atoms. The molecule has 0 radical (unpaired) electrons. The number of aromatic nitrogens is 2. The first-order valence-electron chi connectivity index (χ1n) is 4.74. The van der Waals surface area contributed by atoms with Gasteiger partial charge in [0.1, 0.15) is 6.54 Å². The van der Waals surface area contributed by atoms with Crippen LogP contribution in [-0.2, 0) is 17.5 Å². The monoisotopic (exact) mass is 234 g/mol. The summed E-state index contributed by atoms with van der Waals surface area (Å²) in [6.45, 7) is -0.526. The van der Waals surface area contributed by atoms with Crippen LogP contribution < -0.4 is 0 Å². The summed E-state index contributed by atoms with van der Waals surface area (Å²) in [5.74, 6) is -1.17. The van der Waals surface area contributed by atoms with E-state index in [1.54, 1.807) is 0 Å². The molecule has 0 atom stereocenters. The normalized spacial score (nSPS) is 16.4. The molecule has 1 fully saturated rings. The minimum Gasteiger partial charge on any atom is -0.480 e. The van der Waals surface area contributed by atoms with E-state index >= 15 is 0 Å². The lowest BCUT2D eigenvalue weighted by Crippen LogP contribution is -2.14. The van der Waals surface area contributed by atoms with Crippen LogP contribution in [0.25, 0.3) is 0 Å². The number of rotatable bonds is 3. The van der Waals surface area contributed by atoms with Crippen LogP contribution in [0.4, 0.5) is 13.2 Å². The minimum atomic E-state index is -4.52. The molecule has 1 aliphatic carbocycles. The Morgan fingerprint density at radius 2 is 2.19 bits per heavy atom. The van der Waals surface area contributed by atoms with Crippen molar-refractivity contribution in [3.8, 4) is 0 Å². The van der Waals surface area contributed by atoms with Gasteiger partial charge >= 0.3 is 12.1 Å². The number of aliphatic carboxylic acids is 1. The molecule has 0 spiro atoms. The zero-order valence-electron chi connectivity index (χ0n) is 8.16. The average molecular weight is 234 g/mol. The first-order valence-corrected chi connectivity index (χ1v) is 4.74. The van der Waals surface area contributed by atoms with Crippen molar-refractivity contribution in [1.82, 2.24) is 9.78 Å². The Morgan fingerprint density at radius 3 is 2.62 bits per heavy atom. The summed E-state index contributed by atoms with van der Waals surface area (Å²) in [5.41, 5.74) is -0.648. The molecule has 1 heterocycles. The highest BCUT2D eigenvalue weighted by atomic mass is 19.4. The highest BCUT2D eigenvalue weighted by Gasteiger charge is 2.37. The predicted molar refractivity (Wildman–Crippen MR) is 46.8 cm³/mol. The Hall–Kier alpha value is -1.53. The second-order valence-corrected chi connectivity index (χ2v) is 3.78. The lowest BCUT2D eigenvalue weighted by molar-refractivity contribution is -0.143. The van der Waals surface area contributed by atoms with E-state index in [1.165, 1.54) is 0 Å². The molecule has 1 N–H and O–H groups in total. The average Bonchev–Trinajstić information content (AvgIpc) is 2.86. The van der Waals surface area contributed by atoms with Crippen molar-refractivity contribution in [1.29, 1.82) is 0 Å².